The van der Waals surface area contributed by atoms with Gasteiger partial charge >= 0.3 is 0 Å². The van der Waals surface area contributed by atoms with E-state index in [1.54, 1.807) is 0 Å². The molecule has 2 aromatic rings. The Bertz CT molecular complexity index is 1080. The summed E-state index contributed by atoms with van der Waals surface area (Å²) >= 11 is 47.7. The van der Waals surface area contributed by atoms with Crippen molar-refractivity contribution >= 4 is 104 Å². The second kappa shape index (κ2) is 9.35. The van der Waals surface area contributed by atoms with Gasteiger partial charge in [0.1, 0.15) is 21.6 Å². The van der Waals surface area contributed by atoms with Crippen LogP contribution in [0.25, 0.3) is 0 Å². The molecule has 0 unspecified atom stereocenters. The summed E-state index contributed by atoms with van der Waals surface area (Å²) in [4.78, 5) is 25.4. The molecule has 0 heterocycles. The first-order valence-electron chi connectivity index (χ1n) is 7.55. The summed E-state index contributed by atoms with van der Waals surface area (Å²) in [5.41, 5.74) is 0. The minimum absolute atomic E-state index is 0.0198. The van der Waals surface area contributed by atoms with E-state index in [2.05, 4.69) is 0 Å². The molecule has 0 saturated carbocycles. The fourth-order valence-corrected chi connectivity index (χ4v) is 3.74. The maximum Gasteiger partial charge on any atom is 0.245 e. The van der Waals surface area contributed by atoms with Gasteiger partial charge in [-0.1, -0.05) is 92.8 Å². The summed E-state index contributed by atoms with van der Waals surface area (Å²) in [7, 11) is 0. The van der Waals surface area contributed by atoms with Crippen molar-refractivity contribution in [2.45, 2.75) is 0 Å². The van der Waals surface area contributed by atoms with Crippen LogP contribution in [0.4, 0.5) is 0 Å². The van der Waals surface area contributed by atoms with Gasteiger partial charge in [-0.25, -0.2) is 0 Å². The minimum atomic E-state index is -0.936. The van der Waals surface area contributed by atoms with Crippen molar-refractivity contribution in [2.75, 3.05) is 0 Å². The topological polar surface area (TPSA) is 52.6 Å². The first kappa shape index (κ1) is 23.8. The molecule has 0 amide bonds. The number of allylic oxidation sites excluding steroid dienone is 2. The van der Waals surface area contributed by atoms with E-state index in [9.17, 15) is 9.59 Å². The SMILES string of the molecule is O=C1C(Cl)=C(Oc2cc(Cl)c(Cl)cc2Cl)C(=O)C(Cl)=C1Oc1cc(Cl)c(Cl)cc1Cl. The number of ketones is 2. The van der Waals surface area contributed by atoms with E-state index >= 15 is 0 Å². The van der Waals surface area contributed by atoms with Gasteiger partial charge in [0.2, 0.25) is 11.6 Å². The highest BCUT2D eigenvalue weighted by Gasteiger charge is 2.37. The predicted octanol–water partition coefficient (Wildman–Crippen LogP) is 8.12. The zero-order valence-corrected chi connectivity index (χ0v) is 20.0. The predicted molar refractivity (Wildman–Crippen MR) is 120 cm³/mol. The van der Waals surface area contributed by atoms with Crippen molar-refractivity contribution in [1.29, 1.82) is 0 Å². The molecule has 1 aliphatic carbocycles. The molecular formula is C18H4Cl8O4. The van der Waals surface area contributed by atoms with Crippen LogP contribution >= 0.6 is 92.8 Å². The summed E-state index contributed by atoms with van der Waals surface area (Å²) in [6.07, 6.45) is 0. The Labute approximate surface area is 209 Å². The Kier molecular flexibility index (Phi) is 7.43. The zero-order chi connectivity index (χ0) is 22.3. The maximum absolute atomic E-state index is 12.7. The van der Waals surface area contributed by atoms with Crippen LogP contribution in [-0.4, -0.2) is 11.6 Å². The molecule has 0 saturated heterocycles. The molecule has 0 spiro atoms. The number of Topliss-reactive ketones (excluding diaryl/α,β-unsaturated/α-hetero) is 2. The number of benzene rings is 2. The van der Waals surface area contributed by atoms with Crippen molar-refractivity contribution < 1.29 is 19.1 Å². The van der Waals surface area contributed by atoms with Crippen molar-refractivity contribution in [1.82, 2.24) is 0 Å². The quantitative estimate of drug-likeness (QED) is 0.277. The van der Waals surface area contributed by atoms with E-state index in [-0.39, 0.29) is 41.6 Å². The Hall–Kier alpha value is -0.820. The first-order valence-corrected chi connectivity index (χ1v) is 10.6. The lowest BCUT2D eigenvalue weighted by Gasteiger charge is -2.19. The molecule has 1 aliphatic rings. The van der Waals surface area contributed by atoms with E-state index in [4.69, 9.17) is 102 Å². The molecule has 0 N–H and O–H groups in total. The summed E-state index contributed by atoms with van der Waals surface area (Å²) in [5, 5.41) is -0.641. The number of rotatable bonds is 4. The average Bonchev–Trinajstić information content (AvgIpc) is 2.68. The van der Waals surface area contributed by atoms with Crippen LogP contribution in [0, 0.1) is 0 Å². The monoisotopic (exact) mass is 564 g/mol. The second-order valence-corrected chi connectivity index (χ2v) is 8.74. The normalized spacial score (nSPS) is 14.5. The Morgan fingerprint density at radius 2 is 0.767 bits per heavy atom. The van der Waals surface area contributed by atoms with Crippen LogP contribution in [-0.2, 0) is 9.59 Å². The summed E-state index contributed by atoms with van der Waals surface area (Å²) in [6, 6.07) is 5.09. The van der Waals surface area contributed by atoms with E-state index < -0.39 is 33.1 Å². The molecule has 0 aliphatic heterocycles. The van der Waals surface area contributed by atoms with E-state index in [0.717, 1.165) is 0 Å². The Morgan fingerprint density at radius 3 is 1.10 bits per heavy atom. The fourth-order valence-electron chi connectivity index (χ4n) is 2.17. The Morgan fingerprint density at radius 1 is 0.467 bits per heavy atom. The van der Waals surface area contributed by atoms with E-state index in [0.29, 0.717) is 0 Å². The van der Waals surface area contributed by atoms with Gasteiger partial charge in [0.05, 0.1) is 30.1 Å². The molecule has 0 fully saturated rings. The molecule has 0 bridgehead atoms. The van der Waals surface area contributed by atoms with Crippen molar-refractivity contribution in [3.63, 3.8) is 0 Å². The summed E-state index contributed by atoms with van der Waals surface area (Å²) in [6.45, 7) is 0. The number of hydrogen-bond acceptors (Lipinski definition) is 4. The summed E-state index contributed by atoms with van der Waals surface area (Å²) < 4.78 is 10.8. The van der Waals surface area contributed by atoms with Gasteiger partial charge in [-0.15, -0.1) is 0 Å². The lowest BCUT2D eigenvalue weighted by Crippen LogP contribution is -2.25. The third kappa shape index (κ3) is 4.67. The van der Waals surface area contributed by atoms with Crippen LogP contribution in [0.2, 0.25) is 30.1 Å². The van der Waals surface area contributed by atoms with Crippen LogP contribution in [0.15, 0.2) is 45.8 Å². The van der Waals surface area contributed by atoms with Crippen molar-refractivity contribution in [3.05, 3.63) is 76.0 Å². The maximum atomic E-state index is 12.7. The summed E-state index contributed by atoms with van der Waals surface area (Å²) in [5.74, 6) is -3.15. The molecular weight excluding hydrogens is 564 g/mol. The second-order valence-electron chi connectivity index (χ2n) is 5.54. The highest BCUT2D eigenvalue weighted by Crippen LogP contribution is 2.40. The minimum Gasteiger partial charge on any atom is -0.450 e. The van der Waals surface area contributed by atoms with Crippen LogP contribution < -0.4 is 9.47 Å². The molecule has 0 aromatic heterocycles. The number of carbonyl (C=O) groups excluding carboxylic acids is 2. The van der Waals surface area contributed by atoms with Gasteiger partial charge in [-0.2, -0.15) is 0 Å². The molecule has 12 heteroatoms. The average molecular weight is 568 g/mol. The fraction of sp³-hybridized carbons (Fsp3) is 0. The lowest BCUT2D eigenvalue weighted by molar-refractivity contribution is -0.118. The molecule has 4 nitrogen and oxygen atoms in total. The third-order valence-corrected chi connectivity index (χ3v) is 6.31. The van der Waals surface area contributed by atoms with Gasteiger partial charge < -0.3 is 9.47 Å². The van der Waals surface area contributed by atoms with Gasteiger partial charge in [-0.05, 0) is 12.1 Å². The molecule has 2 aromatic carbocycles. The molecule has 0 atom stereocenters. The Balaban J connectivity index is 1.97. The molecule has 3 rings (SSSR count). The first-order chi connectivity index (χ1) is 14.0. The van der Waals surface area contributed by atoms with Gasteiger partial charge in [0.25, 0.3) is 0 Å². The van der Waals surface area contributed by atoms with Crippen molar-refractivity contribution in [3.8, 4) is 11.5 Å². The molecule has 30 heavy (non-hydrogen) atoms. The van der Waals surface area contributed by atoms with Crippen LogP contribution in [0.1, 0.15) is 0 Å². The van der Waals surface area contributed by atoms with Gasteiger partial charge in [0, 0.05) is 12.1 Å². The van der Waals surface area contributed by atoms with Gasteiger partial charge in [-0.3, -0.25) is 9.59 Å². The molecule has 0 radical (unpaired) electrons. The number of ether oxygens (including phenoxy) is 2. The molecule has 156 valence electrons. The third-order valence-electron chi connectivity index (χ3n) is 3.58. The van der Waals surface area contributed by atoms with E-state index in [1.807, 2.05) is 0 Å². The van der Waals surface area contributed by atoms with Gasteiger partial charge in [0.15, 0.2) is 11.5 Å². The highest BCUT2D eigenvalue weighted by atomic mass is 35.5. The largest absolute Gasteiger partial charge is 0.450 e. The zero-order valence-electron chi connectivity index (χ0n) is 14.0. The number of hydrogen-bond donors (Lipinski definition) is 0. The smallest absolute Gasteiger partial charge is 0.245 e. The van der Waals surface area contributed by atoms with Crippen molar-refractivity contribution in [2.24, 2.45) is 0 Å². The highest BCUT2D eigenvalue weighted by molar-refractivity contribution is 6.55. The van der Waals surface area contributed by atoms with E-state index in [1.165, 1.54) is 24.3 Å². The number of halogens is 8. The number of carbonyl (C=O) groups is 2. The van der Waals surface area contributed by atoms with Crippen LogP contribution in [0.3, 0.4) is 0 Å². The lowest BCUT2D eigenvalue weighted by atomic mass is 10.1. The standard InChI is InChI=1S/C18H4Cl8O4/c19-5-1-9(23)11(3-7(5)21)29-17-13(25)16(28)18(14(26)15(17)27)30-12-4-8(22)6(20)2-10(12)24/h1-4H. The van der Waals surface area contributed by atoms with Crippen LogP contribution in [0.5, 0.6) is 11.5 Å².